The van der Waals surface area contributed by atoms with Gasteiger partial charge in [-0.1, -0.05) is 6.08 Å². The van der Waals surface area contributed by atoms with Gasteiger partial charge in [0, 0.05) is 19.2 Å². The first-order chi connectivity index (χ1) is 10.1. The van der Waals surface area contributed by atoms with Crippen LogP contribution in [0, 0.1) is 0 Å². The summed E-state index contributed by atoms with van der Waals surface area (Å²) in [6, 6.07) is 4.63. The predicted molar refractivity (Wildman–Crippen MR) is 74.8 cm³/mol. The SMILES string of the molecule is C=CCN(CC(F)(F)F)S(=O)(=O)c1ccc(C(=O)NC)cc1. The number of alkyl halides is 3. The Morgan fingerprint density at radius 1 is 1.32 bits per heavy atom. The number of benzene rings is 1. The topological polar surface area (TPSA) is 66.5 Å². The fourth-order valence-corrected chi connectivity index (χ4v) is 3.06. The van der Waals surface area contributed by atoms with Crippen molar-refractivity contribution in [3.05, 3.63) is 42.5 Å². The minimum atomic E-state index is -4.67. The summed E-state index contributed by atoms with van der Waals surface area (Å²) in [5, 5.41) is 2.35. The van der Waals surface area contributed by atoms with E-state index in [0.717, 1.165) is 18.2 Å². The third-order valence-electron chi connectivity index (χ3n) is 2.67. The van der Waals surface area contributed by atoms with Crippen molar-refractivity contribution in [3.8, 4) is 0 Å². The third kappa shape index (κ3) is 4.57. The highest BCUT2D eigenvalue weighted by Gasteiger charge is 2.36. The number of nitrogens with zero attached hydrogens (tertiary/aromatic N) is 1. The molecule has 0 saturated carbocycles. The highest BCUT2D eigenvalue weighted by molar-refractivity contribution is 7.89. The largest absolute Gasteiger partial charge is 0.402 e. The Morgan fingerprint density at radius 3 is 2.27 bits per heavy atom. The normalized spacial score (nSPS) is 12.2. The van der Waals surface area contributed by atoms with Crippen molar-refractivity contribution in [2.24, 2.45) is 0 Å². The number of sulfonamides is 1. The molecular formula is C13H15F3N2O3S. The average Bonchev–Trinajstić information content (AvgIpc) is 2.44. The van der Waals surface area contributed by atoms with E-state index in [-0.39, 0.29) is 14.8 Å². The van der Waals surface area contributed by atoms with Crippen molar-refractivity contribution in [2.45, 2.75) is 11.1 Å². The molecule has 1 N–H and O–H groups in total. The summed E-state index contributed by atoms with van der Waals surface area (Å²) in [5.41, 5.74) is 0.201. The Labute approximate surface area is 126 Å². The number of halogens is 3. The van der Waals surface area contributed by atoms with Gasteiger partial charge in [0.05, 0.1) is 4.90 Å². The number of carbonyl (C=O) groups excluding carboxylic acids is 1. The van der Waals surface area contributed by atoms with Crippen molar-refractivity contribution in [1.82, 2.24) is 9.62 Å². The van der Waals surface area contributed by atoms with Crippen molar-refractivity contribution in [1.29, 1.82) is 0 Å². The van der Waals surface area contributed by atoms with Crippen LogP contribution in [-0.2, 0) is 10.0 Å². The molecule has 1 aromatic carbocycles. The fraction of sp³-hybridized carbons (Fsp3) is 0.308. The van der Waals surface area contributed by atoms with Gasteiger partial charge in [0.2, 0.25) is 10.0 Å². The summed E-state index contributed by atoms with van der Waals surface area (Å²) in [5.74, 6) is -0.429. The van der Waals surface area contributed by atoms with Crippen LogP contribution in [0.1, 0.15) is 10.4 Å². The summed E-state index contributed by atoms with van der Waals surface area (Å²) >= 11 is 0. The Balaban J connectivity index is 3.14. The molecule has 0 spiro atoms. The van der Waals surface area contributed by atoms with Crippen LogP contribution in [0.25, 0.3) is 0 Å². The van der Waals surface area contributed by atoms with Gasteiger partial charge < -0.3 is 5.32 Å². The van der Waals surface area contributed by atoms with Crippen molar-refractivity contribution < 1.29 is 26.4 Å². The number of amides is 1. The first-order valence-corrected chi connectivity index (χ1v) is 7.56. The number of hydrogen-bond acceptors (Lipinski definition) is 3. The molecule has 0 aliphatic heterocycles. The molecule has 1 rings (SSSR count). The lowest BCUT2D eigenvalue weighted by molar-refractivity contribution is -0.135. The summed E-state index contributed by atoms with van der Waals surface area (Å²) < 4.78 is 62.2. The van der Waals surface area contributed by atoms with Gasteiger partial charge in [-0.3, -0.25) is 4.79 Å². The van der Waals surface area contributed by atoms with Crippen molar-refractivity contribution in [3.63, 3.8) is 0 Å². The highest BCUT2D eigenvalue weighted by Crippen LogP contribution is 2.23. The van der Waals surface area contributed by atoms with Crippen LogP contribution in [-0.4, -0.2) is 44.9 Å². The van der Waals surface area contributed by atoms with Gasteiger partial charge >= 0.3 is 6.18 Å². The molecule has 0 radical (unpaired) electrons. The van der Waals surface area contributed by atoms with Crippen molar-refractivity contribution >= 4 is 15.9 Å². The lowest BCUT2D eigenvalue weighted by atomic mass is 10.2. The van der Waals surface area contributed by atoms with E-state index in [1.165, 1.54) is 19.2 Å². The molecule has 122 valence electrons. The van der Waals surface area contributed by atoms with Crippen LogP contribution in [0.3, 0.4) is 0 Å². The maximum Gasteiger partial charge on any atom is 0.402 e. The Kier molecular flexibility index (Phi) is 5.72. The maximum absolute atomic E-state index is 12.5. The minimum Gasteiger partial charge on any atom is -0.355 e. The number of rotatable bonds is 6. The first kappa shape index (κ1) is 18.2. The molecule has 0 heterocycles. The van der Waals surface area contributed by atoms with E-state index < -0.39 is 35.2 Å². The minimum absolute atomic E-state index is 0.201. The Morgan fingerprint density at radius 2 is 1.86 bits per heavy atom. The van der Waals surface area contributed by atoms with E-state index in [9.17, 15) is 26.4 Å². The molecule has 0 saturated heterocycles. The molecule has 0 aliphatic rings. The van der Waals surface area contributed by atoms with Gasteiger partial charge in [0.1, 0.15) is 6.54 Å². The zero-order valence-corrected chi connectivity index (χ0v) is 12.5. The molecule has 0 unspecified atom stereocenters. The average molecular weight is 336 g/mol. The lowest BCUT2D eigenvalue weighted by Crippen LogP contribution is -2.39. The monoisotopic (exact) mass is 336 g/mol. The Bertz CT molecular complexity index is 639. The zero-order chi connectivity index (χ0) is 17.0. The van der Waals surface area contributed by atoms with Gasteiger partial charge in [-0.15, -0.1) is 6.58 Å². The van der Waals surface area contributed by atoms with Gasteiger partial charge in [-0.2, -0.15) is 17.5 Å². The first-order valence-electron chi connectivity index (χ1n) is 6.11. The summed E-state index contributed by atoms with van der Waals surface area (Å²) in [6.45, 7) is 1.17. The summed E-state index contributed by atoms with van der Waals surface area (Å²) in [4.78, 5) is 11.0. The van der Waals surface area contributed by atoms with Crippen LogP contribution in [0.2, 0.25) is 0 Å². The molecule has 0 bridgehead atoms. The van der Waals surface area contributed by atoms with E-state index in [1.54, 1.807) is 0 Å². The van der Waals surface area contributed by atoms with Crippen LogP contribution >= 0.6 is 0 Å². The molecule has 1 amide bonds. The molecule has 0 aliphatic carbocycles. The molecule has 5 nitrogen and oxygen atoms in total. The number of carbonyl (C=O) groups is 1. The number of nitrogens with one attached hydrogen (secondary N) is 1. The van der Waals surface area contributed by atoms with Crippen LogP contribution in [0.5, 0.6) is 0 Å². The molecular weight excluding hydrogens is 321 g/mol. The van der Waals surface area contributed by atoms with E-state index in [4.69, 9.17) is 0 Å². The quantitative estimate of drug-likeness (QED) is 0.806. The van der Waals surface area contributed by atoms with Gasteiger partial charge in [-0.25, -0.2) is 8.42 Å². The molecule has 0 atom stereocenters. The molecule has 0 fully saturated rings. The van der Waals surface area contributed by atoms with Gasteiger partial charge in [-0.05, 0) is 24.3 Å². The molecule has 0 aromatic heterocycles. The molecule has 22 heavy (non-hydrogen) atoms. The van der Waals surface area contributed by atoms with Crippen molar-refractivity contribution in [2.75, 3.05) is 20.1 Å². The van der Waals surface area contributed by atoms with Crippen LogP contribution in [0.15, 0.2) is 41.8 Å². The highest BCUT2D eigenvalue weighted by atomic mass is 32.2. The second-order valence-electron chi connectivity index (χ2n) is 4.30. The second kappa shape index (κ2) is 6.93. The standard InChI is InChI=1S/C13H15F3N2O3S/c1-3-8-18(9-13(14,15)16)22(20,21)11-6-4-10(5-7-11)12(19)17-2/h3-7H,1,8-9H2,2H3,(H,17,19). The lowest BCUT2D eigenvalue weighted by Gasteiger charge is -2.22. The van der Waals surface area contributed by atoms with Gasteiger partial charge in [0.25, 0.3) is 5.91 Å². The summed E-state index contributed by atoms with van der Waals surface area (Å²) in [7, 11) is -2.93. The second-order valence-corrected chi connectivity index (χ2v) is 6.24. The van der Waals surface area contributed by atoms with Crippen LogP contribution < -0.4 is 5.32 Å². The maximum atomic E-state index is 12.5. The fourth-order valence-electron chi connectivity index (χ4n) is 1.66. The molecule has 1 aromatic rings. The Hall–Kier alpha value is -1.87. The number of hydrogen-bond donors (Lipinski definition) is 1. The summed E-state index contributed by atoms with van der Waals surface area (Å²) in [6.07, 6.45) is -3.60. The van der Waals surface area contributed by atoms with E-state index in [1.807, 2.05) is 0 Å². The smallest absolute Gasteiger partial charge is 0.355 e. The van der Waals surface area contributed by atoms with Crippen LogP contribution in [0.4, 0.5) is 13.2 Å². The van der Waals surface area contributed by atoms with Gasteiger partial charge in [0.15, 0.2) is 0 Å². The van der Waals surface area contributed by atoms with E-state index in [0.29, 0.717) is 0 Å². The third-order valence-corrected chi connectivity index (χ3v) is 4.50. The predicted octanol–water partition coefficient (Wildman–Crippen LogP) is 1.79. The zero-order valence-electron chi connectivity index (χ0n) is 11.7. The molecule has 9 heteroatoms. The van der Waals surface area contributed by atoms with E-state index in [2.05, 4.69) is 11.9 Å². The van der Waals surface area contributed by atoms with E-state index >= 15 is 0 Å².